The van der Waals surface area contributed by atoms with Crippen molar-refractivity contribution in [3.63, 3.8) is 0 Å². The molecule has 16 heavy (non-hydrogen) atoms. The minimum atomic E-state index is -1.02. The molecule has 0 fully saturated rings. The van der Waals surface area contributed by atoms with Crippen LogP contribution in [0.4, 0.5) is 4.39 Å². The monoisotopic (exact) mass is 216 g/mol. The van der Waals surface area contributed by atoms with Crippen molar-refractivity contribution in [2.24, 2.45) is 0 Å². The molecule has 3 heteroatoms. The second-order valence-corrected chi connectivity index (χ2v) is 3.35. The number of hydrogen-bond acceptors (Lipinski definition) is 1. The van der Waals surface area contributed by atoms with Gasteiger partial charge in [0.2, 0.25) is 0 Å². The fourth-order valence-electron chi connectivity index (χ4n) is 1.59. The van der Waals surface area contributed by atoms with Gasteiger partial charge in [0, 0.05) is 11.5 Å². The molecule has 0 spiro atoms. The molecule has 0 heterocycles. The second kappa shape index (κ2) is 4.14. The average molecular weight is 216 g/mol. The van der Waals surface area contributed by atoms with Gasteiger partial charge in [0.25, 0.3) is 0 Å². The summed E-state index contributed by atoms with van der Waals surface area (Å²) in [5.41, 5.74) is 0.694. The van der Waals surface area contributed by atoms with Crippen molar-refractivity contribution in [1.82, 2.24) is 0 Å². The number of fused-ring (bicyclic) bond motifs is 1. The predicted molar refractivity (Wildman–Crippen MR) is 60.6 cm³/mol. The molecule has 0 radical (unpaired) electrons. The molecular formula is C13H9FO2. The Morgan fingerprint density at radius 1 is 1.12 bits per heavy atom. The Balaban J connectivity index is 2.63. The van der Waals surface area contributed by atoms with E-state index in [1.807, 2.05) is 0 Å². The number of benzene rings is 2. The van der Waals surface area contributed by atoms with Crippen molar-refractivity contribution in [2.45, 2.75) is 0 Å². The number of aliphatic carboxylic acids is 1. The molecule has 0 aliphatic carbocycles. The standard InChI is InChI=1S/C13H9FO2/c14-12-7-5-9(6-8-13(15)16)10-3-1-2-4-11(10)12/h1-8H,(H,15,16). The molecule has 1 N–H and O–H groups in total. The first-order chi connectivity index (χ1) is 7.68. The normalized spacial score (nSPS) is 11.1. The second-order valence-electron chi connectivity index (χ2n) is 3.35. The molecule has 0 aliphatic heterocycles. The molecule has 2 aromatic carbocycles. The van der Waals surface area contributed by atoms with E-state index < -0.39 is 5.97 Å². The maximum atomic E-state index is 13.4. The Hall–Kier alpha value is -2.16. The number of hydrogen-bond donors (Lipinski definition) is 1. The summed E-state index contributed by atoms with van der Waals surface area (Å²) in [4.78, 5) is 10.4. The van der Waals surface area contributed by atoms with E-state index in [0.29, 0.717) is 16.3 Å². The van der Waals surface area contributed by atoms with E-state index in [4.69, 9.17) is 5.11 Å². The molecule has 0 amide bonds. The lowest BCUT2D eigenvalue weighted by molar-refractivity contribution is -0.131. The zero-order valence-electron chi connectivity index (χ0n) is 8.35. The predicted octanol–water partition coefficient (Wildman–Crippen LogP) is 3.08. The van der Waals surface area contributed by atoms with Crippen LogP contribution >= 0.6 is 0 Å². The maximum absolute atomic E-state index is 13.4. The van der Waals surface area contributed by atoms with Crippen LogP contribution in [0.1, 0.15) is 5.56 Å². The largest absolute Gasteiger partial charge is 0.478 e. The summed E-state index contributed by atoms with van der Waals surface area (Å²) in [7, 11) is 0. The number of rotatable bonds is 2. The summed E-state index contributed by atoms with van der Waals surface area (Å²) in [6, 6.07) is 9.87. The van der Waals surface area contributed by atoms with Gasteiger partial charge in [0.05, 0.1) is 0 Å². The Labute approximate surface area is 91.6 Å². The minimum absolute atomic E-state index is 0.303. The highest BCUT2D eigenvalue weighted by atomic mass is 19.1. The van der Waals surface area contributed by atoms with E-state index in [2.05, 4.69) is 0 Å². The van der Waals surface area contributed by atoms with Crippen LogP contribution in [0.3, 0.4) is 0 Å². The van der Waals surface area contributed by atoms with Crippen LogP contribution in [-0.4, -0.2) is 11.1 Å². The van der Waals surface area contributed by atoms with Crippen molar-refractivity contribution in [3.05, 3.63) is 53.9 Å². The highest BCUT2D eigenvalue weighted by molar-refractivity contribution is 5.94. The van der Waals surface area contributed by atoms with Gasteiger partial charge in [-0.25, -0.2) is 9.18 Å². The molecule has 0 bridgehead atoms. The topological polar surface area (TPSA) is 37.3 Å². The van der Waals surface area contributed by atoms with Gasteiger partial charge < -0.3 is 5.11 Å². The summed E-state index contributed by atoms with van der Waals surface area (Å²) in [6.07, 6.45) is 2.50. The summed E-state index contributed by atoms with van der Waals surface area (Å²) < 4.78 is 13.4. The zero-order valence-corrected chi connectivity index (χ0v) is 8.35. The molecule has 0 unspecified atom stereocenters. The van der Waals surface area contributed by atoms with Crippen LogP contribution in [-0.2, 0) is 4.79 Å². The molecule has 2 nitrogen and oxygen atoms in total. The third-order valence-electron chi connectivity index (χ3n) is 2.31. The molecule has 0 saturated heterocycles. The first-order valence-corrected chi connectivity index (χ1v) is 4.77. The highest BCUT2D eigenvalue weighted by Crippen LogP contribution is 2.22. The Morgan fingerprint density at radius 3 is 2.50 bits per heavy atom. The van der Waals surface area contributed by atoms with E-state index in [0.717, 1.165) is 6.08 Å². The molecule has 2 aromatic rings. The summed E-state index contributed by atoms with van der Waals surface area (Å²) in [6.45, 7) is 0. The number of carboxylic acids is 1. The SMILES string of the molecule is O=C(O)C=Cc1ccc(F)c2ccccc12. The van der Waals surface area contributed by atoms with Gasteiger partial charge in [-0.3, -0.25) is 0 Å². The summed E-state index contributed by atoms with van der Waals surface area (Å²) in [5.74, 6) is -1.32. The first kappa shape index (κ1) is 10.4. The van der Waals surface area contributed by atoms with Crippen LogP contribution in [0.15, 0.2) is 42.5 Å². The van der Waals surface area contributed by atoms with Crippen LogP contribution in [0.2, 0.25) is 0 Å². The summed E-state index contributed by atoms with van der Waals surface area (Å²) in [5, 5.41) is 9.74. The van der Waals surface area contributed by atoms with Gasteiger partial charge in [0.1, 0.15) is 5.82 Å². The lowest BCUT2D eigenvalue weighted by atomic mass is 10.0. The van der Waals surface area contributed by atoms with Crippen molar-refractivity contribution in [2.75, 3.05) is 0 Å². The van der Waals surface area contributed by atoms with E-state index in [-0.39, 0.29) is 5.82 Å². The Kier molecular flexibility index (Phi) is 2.68. The van der Waals surface area contributed by atoms with E-state index >= 15 is 0 Å². The van der Waals surface area contributed by atoms with Gasteiger partial charge >= 0.3 is 5.97 Å². The highest BCUT2D eigenvalue weighted by Gasteiger charge is 2.02. The van der Waals surface area contributed by atoms with E-state index in [1.165, 1.54) is 12.1 Å². The van der Waals surface area contributed by atoms with Crippen molar-refractivity contribution >= 4 is 22.8 Å². The Morgan fingerprint density at radius 2 is 1.81 bits per heavy atom. The third-order valence-corrected chi connectivity index (χ3v) is 2.31. The fourth-order valence-corrected chi connectivity index (χ4v) is 1.59. The van der Waals surface area contributed by atoms with Gasteiger partial charge in [-0.05, 0) is 23.1 Å². The van der Waals surface area contributed by atoms with Crippen LogP contribution in [0.5, 0.6) is 0 Å². The van der Waals surface area contributed by atoms with Crippen LogP contribution in [0.25, 0.3) is 16.8 Å². The first-order valence-electron chi connectivity index (χ1n) is 4.77. The maximum Gasteiger partial charge on any atom is 0.328 e. The molecule has 0 saturated carbocycles. The number of carbonyl (C=O) groups is 1. The molecular weight excluding hydrogens is 207 g/mol. The average Bonchev–Trinajstić information content (AvgIpc) is 2.28. The number of halogens is 1. The van der Waals surface area contributed by atoms with Gasteiger partial charge in [-0.1, -0.05) is 30.3 Å². The molecule has 2 rings (SSSR count). The molecule has 0 atom stereocenters. The van der Waals surface area contributed by atoms with Crippen LogP contribution in [0, 0.1) is 5.82 Å². The van der Waals surface area contributed by atoms with E-state index in [1.54, 1.807) is 30.3 Å². The smallest absolute Gasteiger partial charge is 0.328 e. The summed E-state index contributed by atoms with van der Waals surface area (Å²) >= 11 is 0. The third kappa shape index (κ3) is 1.93. The molecule has 0 aliphatic rings. The van der Waals surface area contributed by atoms with Crippen molar-refractivity contribution in [1.29, 1.82) is 0 Å². The number of carboxylic acid groups (broad SMARTS) is 1. The van der Waals surface area contributed by atoms with Crippen molar-refractivity contribution < 1.29 is 14.3 Å². The Bertz CT molecular complexity index is 573. The molecule has 80 valence electrons. The van der Waals surface area contributed by atoms with Crippen LogP contribution < -0.4 is 0 Å². The fraction of sp³-hybridized carbons (Fsp3) is 0. The van der Waals surface area contributed by atoms with Gasteiger partial charge in [0.15, 0.2) is 0 Å². The zero-order chi connectivity index (χ0) is 11.5. The van der Waals surface area contributed by atoms with E-state index in [9.17, 15) is 9.18 Å². The van der Waals surface area contributed by atoms with Crippen molar-refractivity contribution in [3.8, 4) is 0 Å². The quantitative estimate of drug-likeness (QED) is 0.783. The minimum Gasteiger partial charge on any atom is -0.478 e. The van der Waals surface area contributed by atoms with Gasteiger partial charge in [-0.15, -0.1) is 0 Å². The molecule has 0 aromatic heterocycles. The lowest BCUT2D eigenvalue weighted by Crippen LogP contribution is -1.87. The van der Waals surface area contributed by atoms with Gasteiger partial charge in [-0.2, -0.15) is 0 Å². The lowest BCUT2D eigenvalue weighted by Gasteiger charge is -2.02.